The molecule has 0 bridgehead atoms. The zero-order valence-corrected chi connectivity index (χ0v) is 10.9. The van der Waals surface area contributed by atoms with E-state index in [2.05, 4.69) is 32.2 Å². The van der Waals surface area contributed by atoms with Crippen molar-refractivity contribution in [3.8, 4) is 0 Å². The molecular weight excluding hydrogens is 206 g/mol. The summed E-state index contributed by atoms with van der Waals surface area (Å²) in [7, 11) is 1.76. The first kappa shape index (κ1) is 12.7. The third kappa shape index (κ3) is 3.59. The van der Waals surface area contributed by atoms with Gasteiger partial charge in [-0.25, -0.2) is 0 Å². The number of thiophene rings is 1. The zero-order valence-electron chi connectivity index (χ0n) is 10.1. The van der Waals surface area contributed by atoms with E-state index in [0.29, 0.717) is 6.04 Å². The molecule has 0 fully saturated rings. The van der Waals surface area contributed by atoms with E-state index in [1.807, 2.05) is 11.3 Å². The van der Waals surface area contributed by atoms with Crippen LogP contribution in [0.3, 0.4) is 0 Å². The SMILES string of the molecule is CCCNC(COC)c1cc(C)c(C)s1. The van der Waals surface area contributed by atoms with Crippen LogP contribution in [0.15, 0.2) is 6.07 Å². The van der Waals surface area contributed by atoms with E-state index in [0.717, 1.165) is 19.6 Å². The van der Waals surface area contributed by atoms with Crippen molar-refractivity contribution in [1.29, 1.82) is 0 Å². The molecule has 0 aliphatic rings. The van der Waals surface area contributed by atoms with E-state index in [1.54, 1.807) is 7.11 Å². The van der Waals surface area contributed by atoms with Gasteiger partial charge >= 0.3 is 0 Å². The highest BCUT2D eigenvalue weighted by molar-refractivity contribution is 7.12. The summed E-state index contributed by atoms with van der Waals surface area (Å²) in [6.45, 7) is 8.32. The summed E-state index contributed by atoms with van der Waals surface area (Å²) in [5.41, 5.74) is 1.38. The average molecular weight is 227 g/mol. The molecule has 1 aromatic rings. The quantitative estimate of drug-likeness (QED) is 0.806. The monoisotopic (exact) mass is 227 g/mol. The summed E-state index contributed by atoms with van der Waals surface area (Å²) in [4.78, 5) is 2.80. The molecule has 0 amide bonds. The van der Waals surface area contributed by atoms with Gasteiger partial charge in [-0.15, -0.1) is 11.3 Å². The molecular formula is C12H21NOS. The second-order valence-electron chi connectivity index (χ2n) is 3.85. The van der Waals surface area contributed by atoms with Crippen molar-refractivity contribution in [3.63, 3.8) is 0 Å². The smallest absolute Gasteiger partial charge is 0.0665 e. The summed E-state index contributed by atoms with van der Waals surface area (Å²) in [6, 6.07) is 2.62. The van der Waals surface area contributed by atoms with Crippen LogP contribution in [0.1, 0.15) is 34.7 Å². The van der Waals surface area contributed by atoms with Crippen LogP contribution in [0, 0.1) is 13.8 Å². The van der Waals surface area contributed by atoms with Crippen molar-refractivity contribution in [2.45, 2.75) is 33.2 Å². The van der Waals surface area contributed by atoms with Crippen LogP contribution in [0.4, 0.5) is 0 Å². The van der Waals surface area contributed by atoms with Gasteiger partial charge in [-0.1, -0.05) is 6.92 Å². The van der Waals surface area contributed by atoms with Crippen molar-refractivity contribution >= 4 is 11.3 Å². The van der Waals surface area contributed by atoms with Crippen LogP contribution in [0.2, 0.25) is 0 Å². The van der Waals surface area contributed by atoms with Gasteiger partial charge in [-0.05, 0) is 38.4 Å². The first-order chi connectivity index (χ1) is 7.19. The Hall–Kier alpha value is -0.380. The molecule has 0 aliphatic carbocycles. The Labute approximate surface area is 96.7 Å². The summed E-state index contributed by atoms with van der Waals surface area (Å²) < 4.78 is 5.25. The van der Waals surface area contributed by atoms with Crippen LogP contribution in [-0.4, -0.2) is 20.3 Å². The Morgan fingerprint density at radius 2 is 2.20 bits per heavy atom. The third-order valence-corrected chi connectivity index (χ3v) is 3.77. The number of nitrogens with one attached hydrogen (secondary N) is 1. The fourth-order valence-corrected chi connectivity index (χ4v) is 2.60. The minimum Gasteiger partial charge on any atom is -0.383 e. The lowest BCUT2D eigenvalue weighted by atomic mass is 10.2. The first-order valence-electron chi connectivity index (χ1n) is 5.48. The lowest BCUT2D eigenvalue weighted by Crippen LogP contribution is -2.25. The Kier molecular flexibility index (Phi) is 5.29. The highest BCUT2D eigenvalue weighted by atomic mass is 32.1. The van der Waals surface area contributed by atoms with Gasteiger partial charge in [0.05, 0.1) is 12.6 Å². The fourth-order valence-electron chi connectivity index (χ4n) is 1.50. The molecule has 15 heavy (non-hydrogen) atoms. The minimum atomic E-state index is 0.354. The zero-order chi connectivity index (χ0) is 11.3. The standard InChI is InChI=1S/C12H21NOS/c1-5-6-13-11(8-14-4)12-7-9(2)10(3)15-12/h7,11,13H,5-6,8H2,1-4H3. The molecule has 0 spiro atoms. The van der Waals surface area contributed by atoms with Gasteiger partial charge in [0.2, 0.25) is 0 Å². The Bertz CT molecular complexity index is 276. The first-order valence-corrected chi connectivity index (χ1v) is 6.30. The number of ether oxygens (including phenoxy) is 1. The van der Waals surface area contributed by atoms with Crippen LogP contribution in [-0.2, 0) is 4.74 Å². The molecule has 1 heterocycles. The summed E-state index contributed by atoms with van der Waals surface area (Å²) in [5.74, 6) is 0. The van der Waals surface area contributed by atoms with Gasteiger partial charge in [0, 0.05) is 16.9 Å². The molecule has 1 rings (SSSR count). The third-order valence-electron chi connectivity index (χ3n) is 2.50. The highest BCUT2D eigenvalue weighted by Crippen LogP contribution is 2.26. The summed E-state index contributed by atoms with van der Waals surface area (Å²) in [6.07, 6.45) is 1.16. The van der Waals surface area contributed by atoms with Gasteiger partial charge in [0.15, 0.2) is 0 Å². The molecule has 0 radical (unpaired) electrons. The van der Waals surface area contributed by atoms with Crippen molar-refractivity contribution in [3.05, 3.63) is 21.4 Å². The van der Waals surface area contributed by atoms with Crippen molar-refractivity contribution in [2.24, 2.45) is 0 Å². The minimum absolute atomic E-state index is 0.354. The largest absolute Gasteiger partial charge is 0.383 e. The second-order valence-corrected chi connectivity index (χ2v) is 5.14. The lowest BCUT2D eigenvalue weighted by molar-refractivity contribution is 0.168. The summed E-state index contributed by atoms with van der Waals surface area (Å²) >= 11 is 1.87. The number of rotatable bonds is 6. The summed E-state index contributed by atoms with van der Waals surface area (Å²) in [5, 5.41) is 3.51. The Morgan fingerprint density at radius 3 is 2.67 bits per heavy atom. The molecule has 1 N–H and O–H groups in total. The lowest BCUT2D eigenvalue weighted by Gasteiger charge is -2.15. The number of aryl methyl sites for hydroxylation is 2. The Balaban J connectivity index is 2.69. The van der Waals surface area contributed by atoms with E-state index in [-0.39, 0.29) is 0 Å². The van der Waals surface area contributed by atoms with Crippen LogP contribution >= 0.6 is 11.3 Å². The number of methoxy groups -OCH3 is 1. The molecule has 3 heteroatoms. The predicted molar refractivity (Wildman–Crippen MR) is 66.7 cm³/mol. The normalized spacial score (nSPS) is 13.1. The van der Waals surface area contributed by atoms with Gasteiger partial charge in [0.25, 0.3) is 0 Å². The van der Waals surface area contributed by atoms with Crippen molar-refractivity contribution < 1.29 is 4.74 Å². The van der Waals surface area contributed by atoms with E-state index in [1.165, 1.54) is 15.3 Å². The van der Waals surface area contributed by atoms with Gasteiger partial charge in [0.1, 0.15) is 0 Å². The molecule has 1 atom stereocenters. The average Bonchev–Trinajstić information content (AvgIpc) is 2.54. The van der Waals surface area contributed by atoms with E-state index in [4.69, 9.17) is 4.74 Å². The maximum Gasteiger partial charge on any atom is 0.0665 e. The maximum atomic E-state index is 5.25. The Morgan fingerprint density at radius 1 is 1.47 bits per heavy atom. The molecule has 86 valence electrons. The predicted octanol–water partition coefficient (Wildman–Crippen LogP) is 3.05. The number of hydrogen-bond acceptors (Lipinski definition) is 3. The fraction of sp³-hybridized carbons (Fsp3) is 0.667. The van der Waals surface area contributed by atoms with E-state index < -0.39 is 0 Å². The van der Waals surface area contributed by atoms with Crippen molar-refractivity contribution in [1.82, 2.24) is 5.32 Å². The van der Waals surface area contributed by atoms with E-state index in [9.17, 15) is 0 Å². The van der Waals surface area contributed by atoms with Gasteiger partial charge in [-0.3, -0.25) is 0 Å². The number of hydrogen-bond donors (Lipinski definition) is 1. The maximum absolute atomic E-state index is 5.25. The molecule has 1 unspecified atom stereocenters. The van der Waals surface area contributed by atoms with Crippen molar-refractivity contribution in [2.75, 3.05) is 20.3 Å². The van der Waals surface area contributed by atoms with Crippen LogP contribution in [0.5, 0.6) is 0 Å². The van der Waals surface area contributed by atoms with E-state index >= 15 is 0 Å². The molecule has 0 saturated carbocycles. The highest BCUT2D eigenvalue weighted by Gasteiger charge is 2.13. The second kappa shape index (κ2) is 6.26. The molecule has 0 aromatic carbocycles. The molecule has 2 nitrogen and oxygen atoms in total. The molecule has 1 aromatic heterocycles. The molecule has 0 aliphatic heterocycles. The topological polar surface area (TPSA) is 21.3 Å². The van der Waals surface area contributed by atoms with Crippen LogP contribution < -0.4 is 5.32 Å². The van der Waals surface area contributed by atoms with Gasteiger partial charge in [-0.2, -0.15) is 0 Å². The molecule has 0 saturated heterocycles. The van der Waals surface area contributed by atoms with Gasteiger partial charge < -0.3 is 10.1 Å². The van der Waals surface area contributed by atoms with Crippen LogP contribution in [0.25, 0.3) is 0 Å².